The predicted octanol–water partition coefficient (Wildman–Crippen LogP) is 2.45. The lowest BCUT2D eigenvalue weighted by molar-refractivity contribution is -0.122. The fourth-order valence-electron chi connectivity index (χ4n) is 4.48. The molecule has 0 bridgehead atoms. The number of nitrogens with zero attached hydrogens (tertiary/aromatic N) is 4. The minimum Gasteiger partial charge on any atom is -0.368 e. The van der Waals surface area contributed by atoms with Gasteiger partial charge in [0.1, 0.15) is 28.2 Å². The summed E-state index contributed by atoms with van der Waals surface area (Å²) in [5.41, 5.74) is 13.7. The summed E-state index contributed by atoms with van der Waals surface area (Å²) < 4.78 is 0. The van der Waals surface area contributed by atoms with Crippen LogP contribution in [0.4, 0.5) is 5.82 Å². The Hall–Kier alpha value is -3.60. The van der Waals surface area contributed by atoms with Crippen molar-refractivity contribution in [1.82, 2.24) is 10.3 Å². The number of nitriles is 2. The molecule has 186 valence electrons. The van der Waals surface area contributed by atoms with E-state index in [2.05, 4.69) is 17.5 Å². The van der Waals surface area contributed by atoms with Crippen molar-refractivity contribution < 1.29 is 9.59 Å². The fourth-order valence-corrected chi connectivity index (χ4v) is 5.52. The Bertz CT molecular complexity index is 1220. The van der Waals surface area contributed by atoms with Crippen molar-refractivity contribution in [2.24, 2.45) is 11.5 Å². The van der Waals surface area contributed by atoms with Gasteiger partial charge in [-0.3, -0.25) is 9.59 Å². The molecule has 10 heteroatoms. The maximum atomic E-state index is 12.4. The van der Waals surface area contributed by atoms with Crippen molar-refractivity contribution in [3.63, 3.8) is 0 Å². The molecule has 1 saturated carbocycles. The van der Waals surface area contributed by atoms with Crippen LogP contribution in [0.2, 0.25) is 0 Å². The van der Waals surface area contributed by atoms with Crippen LogP contribution in [0.15, 0.2) is 35.4 Å². The molecule has 2 amide bonds. The SMILES string of the molecule is C[C@@H](N)C(=O)NC1CCN(c2nc(SC(C(N)=O)c3ccccc3)c(C#N)c(C3CC3)c2C#N)CC1. The number of carbonyl (C=O) groups is 2. The first kappa shape index (κ1) is 25.5. The minimum atomic E-state index is -0.724. The summed E-state index contributed by atoms with van der Waals surface area (Å²) in [6, 6.07) is 13.2. The van der Waals surface area contributed by atoms with E-state index in [1.807, 2.05) is 35.2 Å². The molecule has 4 rings (SSSR count). The molecule has 2 fully saturated rings. The van der Waals surface area contributed by atoms with Crippen molar-refractivity contribution in [2.45, 2.75) is 60.9 Å². The number of rotatable bonds is 8. The van der Waals surface area contributed by atoms with Crippen LogP contribution in [0.5, 0.6) is 0 Å². The Morgan fingerprint density at radius 3 is 2.28 bits per heavy atom. The van der Waals surface area contributed by atoms with Gasteiger partial charge in [0.2, 0.25) is 11.8 Å². The third kappa shape index (κ3) is 5.46. The van der Waals surface area contributed by atoms with E-state index in [9.17, 15) is 20.1 Å². The van der Waals surface area contributed by atoms with E-state index in [1.165, 1.54) is 0 Å². The summed E-state index contributed by atoms with van der Waals surface area (Å²) >= 11 is 1.15. The molecule has 1 unspecified atom stereocenters. The molecule has 0 spiro atoms. The van der Waals surface area contributed by atoms with Gasteiger partial charge in [-0.15, -0.1) is 0 Å². The number of pyridine rings is 1. The zero-order chi connectivity index (χ0) is 25.8. The zero-order valence-corrected chi connectivity index (χ0v) is 20.9. The molecule has 5 N–H and O–H groups in total. The molecule has 9 nitrogen and oxygen atoms in total. The number of thioether (sulfide) groups is 1. The molecule has 0 radical (unpaired) electrons. The van der Waals surface area contributed by atoms with Crippen LogP contribution in [0.3, 0.4) is 0 Å². The average Bonchev–Trinajstić information content (AvgIpc) is 3.72. The maximum absolute atomic E-state index is 12.4. The number of primary amides is 1. The average molecular weight is 504 g/mol. The predicted molar refractivity (Wildman–Crippen MR) is 137 cm³/mol. The maximum Gasteiger partial charge on any atom is 0.236 e. The minimum absolute atomic E-state index is 0.00209. The van der Waals surface area contributed by atoms with Crippen LogP contribution in [0.1, 0.15) is 66.0 Å². The second-order valence-corrected chi connectivity index (χ2v) is 10.4. The highest BCUT2D eigenvalue weighted by molar-refractivity contribution is 8.00. The molecule has 2 heterocycles. The Morgan fingerprint density at radius 2 is 1.75 bits per heavy atom. The first-order valence-corrected chi connectivity index (χ1v) is 12.9. The number of hydrogen-bond donors (Lipinski definition) is 3. The monoisotopic (exact) mass is 503 g/mol. The number of nitrogens with one attached hydrogen (secondary N) is 1. The lowest BCUT2D eigenvalue weighted by atomic mass is 9.98. The molecule has 2 aromatic rings. The molecule has 1 saturated heterocycles. The molecule has 1 aromatic heterocycles. The van der Waals surface area contributed by atoms with Gasteiger partial charge in [-0.1, -0.05) is 42.1 Å². The summed E-state index contributed by atoms with van der Waals surface area (Å²) in [6.45, 7) is 2.82. The van der Waals surface area contributed by atoms with Gasteiger partial charge in [0.15, 0.2) is 0 Å². The van der Waals surface area contributed by atoms with E-state index in [4.69, 9.17) is 16.5 Å². The second-order valence-electron chi connectivity index (χ2n) is 9.27. The standard InChI is InChI=1S/C26H29N7O2S/c1-15(29)25(35)31-18-9-11-33(12-10-18)24-19(13-27)21(16-7-8-16)20(14-28)26(32-24)36-22(23(30)34)17-5-3-2-4-6-17/h2-6,15-16,18,22H,7-12,29H2,1H3,(H2,30,34)(H,31,35)/t15-,22?/m1/s1. The number of hydrogen-bond acceptors (Lipinski definition) is 8. The smallest absolute Gasteiger partial charge is 0.236 e. The lowest BCUT2D eigenvalue weighted by Gasteiger charge is -2.34. The van der Waals surface area contributed by atoms with Gasteiger partial charge in [-0.05, 0) is 49.7 Å². The molecule has 1 aliphatic carbocycles. The molecular weight excluding hydrogens is 474 g/mol. The largest absolute Gasteiger partial charge is 0.368 e. The van der Waals surface area contributed by atoms with Gasteiger partial charge in [0, 0.05) is 19.1 Å². The number of benzene rings is 1. The summed E-state index contributed by atoms with van der Waals surface area (Å²) in [5, 5.41) is 22.9. The third-order valence-corrected chi connectivity index (χ3v) is 7.80. The van der Waals surface area contributed by atoms with Crippen LogP contribution < -0.4 is 21.7 Å². The van der Waals surface area contributed by atoms with E-state index in [0.717, 1.165) is 35.7 Å². The normalized spacial score (nSPS) is 17.5. The molecule has 1 aliphatic heterocycles. The molecular formula is C26H29N7O2S. The summed E-state index contributed by atoms with van der Waals surface area (Å²) in [4.78, 5) is 31.2. The van der Waals surface area contributed by atoms with Gasteiger partial charge in [0.25, 0.3) is 0 Å². The van der Waals surface area contributed by atoms with Crippen LogP contribution in [0.25, 0.3) is 0 Å². The van der Waals surface area contributed by atoms with Crippen molar-refractivity contribution in [3.05, 3.63) is 52.6 Å². The number of nitrogens with two attached hydrogens (primary N) is 2. The molecule has 2 aliphatic rings. The molecule has 36 heavy (non-hydrogen) atoms. The van der Waals surface area contributed by atoms with E-state index in [-0.39, 0.29) is 17.9 Å². The highest BCUT2D eigenvalue weighted by Gasteiger charge is 2.36. The second kappa shape index (κ2) is 11.0. The Morgan fingerprint density at radius 1 is 1.11 bits per heavy atom. The van der Waals surface area contributed by atoms with Crippen molar-refractivity contribution in [2.75, 3.05) is 18.0 Å². The highest BCUT2D eigenvalue weighted by Crippen LogP contribution is 2.48. The van der Waals surface area contributed by atoms with E-state index < -0.39 is 17.2 Å². The van der Waals surface area contributed by atoms with Gasteiger partial charge in [-0.2, -0.15) is 10.5 Å². The van der Waals surface area contributed by atoms with Gasteiger partial charge in [-0.25, -0.2) is 4.98 Å². The number of amides is 2. The zero-order valence-electron chi connectivity index (χ0n) is 20.1. The number of anilines is 1. The Labute approximate surface area is 214 Å². The van der Waals surface area contributed by atoms with Crippen LogP contribution >= 0.6 is 11.8 Å². The molecule has 1 aromatic carbocycles. The summed E-state index contributed by atoms with van der Waals surface area (Å²) in [5.74, 6) is -0.0617. The highest BCUT2D eigenvalue weighted by atomic mass is 32.2. The number of aromatic nitrogens is 1. The van der Waals surface area contributed by atoms with E-state index in [1.54, 1.807) is 6.92 Å². The summed E-state index contributed by atoms with van der Waals surface area (Å²) in [6.07, 6.45) is 3.17. The fraction of sp³-hybridized carbons (Fsp3) is 0.423. The summed E-state index contributed by atoms with van der Waals surface area (Å²) in [7, 11) is 0. The van der Waals surface area contributed by atoms with Gasteiger partial charge >= 0.3 is 0 Å². The topological polar surface area (TPSA) is 162 Å². The Balaban J connectivity index is 1.69. The number of carbonyl (C=O) groups excluding carboxylic acids is 2. The number of piperidine rings is 1. The van der Waals surface area contributed by atoms with Crippen molar-refractivity contribution in [3.8, 4) is 12.1 Å². The quantitative estimate of drug-likeness (QED) is 0.463. The lowest BCUT2D eigenvalue weighted by Crippen LogP contribution is -2.49. The van der Waals surface area contributed by atoms with Crippen LogP contribution in [-0.4, -0.2) is 42.0 Å². The van der Waals surface area contributed by atoms with Gasteiger partial charge in [0.05, 0.1) is 17.2 Å². The van der Waals surface area contributed by atoms with Crippen molar-refractivity contribution in [1.29, 1.82) is 10.5 Å². The van der Waals surface area contributed by atoms with Crippen molar-refractivity contribution >= 4 is 29.4 Å². The first-order chi connectivity index (χ1) is 17.3. The first-order valence-electron chi connectivity index (χ1n) is 12.0. The van der Waals surface area contributed by atoms with Crippen LogP contribution in [0, 0.1) is 22.7 Å². The Kier molecular flexibility index (Phi) is 7.78. The van der Waals surface area contributed by atoms with Crippen LogP contribution in [-0.2, 0) is 9.59 Å². The van der Waals surface area contributed by atoms with Gasteiger partial charge < -0.3 is 21.7 Å². The molecule has 2 atom stereocenters. The van der Waals surface area contributed by atoms with E-state index in [0.29, 0.717) is 47.9 Å². The third-order valence-electron chi connectivity index (χ3n) is 6.54. The van der Waals surface area contributed by atoms with E-state index >= 15 is 0 Å².